The average Bonchev–Trinajstić information content (AvgIpc) is 2.75. The van der Waals surface area contributed by atoms with Gasteiger partial charge in [-0.25, -0.2) is 0 Å². The maximum absolute atomic E-state index is 12.1. The number of anilines is 2. The number of carbonyl (C=O) groups excluding carboxylic acids is 1. The Hall–Kier alpha value is -2.29. The number of rotatable bonds is 4. The van der Waals surface area contributed by atoms with Crippen LogP contribution in [0.4, 0.5) is 11.4 Å². The zero-order chi connectivity index (χ0) is 16.1. The molecule has 0 unspecified atom stereocenters. The molecule has 0 aliphatic carbocycles. The van der Waals surface area contributed by atoms with Gasteiger partial charge in [-0.15, -0.1) is 0 Å². The minimum absolute atomic E-state index is 0.291. The van der Waals surface area contributed by atoms with E-state index in [0.29, 0.717) is 18.9 Å². The number of nitrogens with one attached hydrogen (secondary N) is 1. The lowest BCUT2D eigenvalue weighted by molar-refractivity contribution is -0.131. The molecule has 0 atom stereocenters. The van der Waals surface area contributed by atoms with E-state index in [0.717, 1.165) is 37.2 Å². The smallest absolute Gasteiger partial charge is 0.222 e. The Morgan fingerprint density at radius 2 is 1.91 bits per heavy atom. The molecule has 0 saturated carbocycles. The maximum atomic E-state index is 12.1. The second-order valence-electron chi connectivity index (χ2n) is 6.27. The third-order valence-corrected chi connectivity index (χ3v) is 4.40. The summed E-state index contributed by atoms with van der Waals surface area (Å²) in [5, 5.41) is 3.47. The second kappa shape index (κ2) is 7.32. The van der Waals surface area contributed by atoms with Crippen molar-refractivity contribution in [3.63, 3.8) is 0 Å². The summed E-state index contributed by atoms with van der Waals surface area (Å²) in [6, 6.07) is 16.6. The van der Waals surface area contributed by atoms with E-state index in [4.69, 9.17) is 0 Å². The summed E-state index contributed by atoms with van der Waals surface area (Å²) in [5.74, 6) is 0.291. The first-order valence-corrected chi connectivity index (χ1v) is 8.42. The molecule has 2 aromatic rings. The monoisotopic (exact) mass is 308 g/mol. The lowest BCUT2D eigenvalue weighted by Gasteiger charge is -2.21. The molecule has 1 heterocycles. The lowest BCUT2D eigenvalue weighted by atomic mass is 10.1. The summed E-state index contributed by atoms with van der Waals surface area (Å²) in [6.45, 7) is 3.69. The second-order valence-corrected chi connectivity index (χ2v) is 6.27. The Bertz CT molecular complexity index is 681. The van der Waals surface area contributed by atoms with Gasteiger partial charge < -0.3 is 10.2 Å². The fraction of sp³-hybridized carbons (Fsp3) is 0.350. The van der Waals surface area contributed by atoms with Crippen LogP contribution in [0.1, 0.15) is 36.8 Å². The molecule has 3 heteroatoms. The summed E-state index contributed by atoms with van der Waals surface area (Å²) in [5.41, 5.74) is 4.59. The molecule has 1 amide bonds. The fourth-order valence-corrected chi connectivity index (χ4v) is 3.04. The molecule has 1 fully saturated rings. The standard InChI is InChI=1S/C20H24N2O/c1-16-8-4-5-11-19(16)21-18-10-7-9-17(14-18)15-22-13-6-2-3-12-20(22)23/h4-5,7-11,14,21H,2-3,6,12-13,15H2,1H3. The van der Waals surface area contributed by atoms with Gasteiger partial charge >= 0.3 is 0 Å². The predicted octanol–water partition coefficient (Wildman–Crippen LogP) is 4.64. The lowest BCUT2D eigenvalue weighted by Crippen LogP contribution is -2.29. The predicted molar refractivity (Wildman–Crippen MR) is 94.8 cm³/mol. The maximum Gasteiger partial charge on any atom is 0.222 e. The molecule has 3 rings (SSSR count). The first-order valence-electron chi connectivity index (χ1n) is 8.42. The molecule has 0 spiro atoms. The van der Waals surface area contributed by atoms with E-state index in [1.807, 2.05) is 17.0 Å². The van der Waals surface area contributed by atoms with Crippen LogP contribution in [0.25, 0.3) is 0 Å². The number of para-hydroxylation sites is 1. The van der Waals surface area contributed by atoms with E-state index in [-0.39, 0.29) is 0 Å². The van der Waals surface area contributed by atoms with Crippen LogP contribution in [0, 0.1) is 6.92 Å². The fourth-order valence-electron chi connectivity index (χ4n) is 3.04. The van der Waals surface area contributed by atoms with Crippen molar-refractivity contribution in [1.82, 2.24) is 4.90 Å². The van der Waals surface area contributed by atoms with Crippen LogP contribution in [0.15, 0.2) is 48.5 Å². The number of nitrogens with zero attached hydrogens (tertiary/aromatic N) is 1. The number of carbonyl (C=O) groups is 1. The van der Waals surface area contributed by atoms with Gasteiger partial charge in [0.1, 0.15) is 0 Å². The summed E-state index contributed by atoms with van der Waals surface area (Å²) in [7, 11) is 0. The zero-order valence-electron chi connectivity index (χ0n) is 13.7. The number of amides is 1. The summed E-state index contributed by atoms with van der Waals surface area (Å²) in [4.78, 5) is 14.1. The van der Waals surface area contributed by atoms with E-state index >= 15 is 0 Å². The minimum atomic E-state index is 0.291. The van der Waals surface area contributed by atoms with Gasteiger partial charge in [-0.05, 0) is 49.1 Å². The van der Waals surface area contributed by atoms with Crippen molar-refractivity contribution in [3.8, 4) is 0 Å². The van der Waals surface area contributed by atoms with E-state index in [2.05, 4.69) is 48.6 Å². The normalized spacial score (nSPS) is 15.3. The molecule has 23 heavy (non-hydrogen) atoms. The van der Waals surface area contributed by atoms with Gasteiger partial charge in [0.25, 0.3) is 0 Å². The molecule has 1 aliphatic rings. The van der Waals surface area contributed by atoms with Crippen molar-refractivity contribution in [3.05, 3.63) is 59.7 Å². The van der Waals surface area contributed by atoms with Crippen LogP contribution in [-0.4, -0.2) is 17.4 Å². The van der Waals surface area contributed by atoms with Crippen LogP contribution in [0.3, 0.4) is 0 Å². The third kappa shape index (κ3) is 4.13. The molecule has 1 aliphatic heterocycles. The Balaban J connectivity index is 1.72. The molecule has 2 aromatic carbocycles. The van der Waals surface area contributed by atoms with Crippen molar-refractivity contribution in [2.45, 2.75) is 39.2 Å². The Morgan fingerprint density at radius 3 is 2.78 bits per heavy atom. The van der Waals surface area contributed by atoms with Crippen LogP contribution in [0.2, 0.25) is 0 Å². The Kier molecular flexibility index (Phi) is 4.96. The van der Waals surface area contributed by atoms with Gasteiger partial charge in [-0.1, -0.05) is 36.8 Å². The van der Waals surface area contributed by atoms with Gasteiger partial charge in [-0.2, -0.15) is 0 Å². The summed E-state index contributed by atoms with van der Waals surface area (Å²) < 4.78 is 0. The first kappa shape index (κ1) is 15.6. The van der Waals surface area contributed by atoms with Crippen LogP contribution < -0.4 is 5.32 Å². The van der Waals surface area contributed by atoms with Crippen LogP contribution in [-0.2, 0) is 11.3 Å². The molecule has 0 radical (unpaired) electrons. The highest BCUT2D eigenvalue weighted by Crippen LogP contribution is 2.22. The number of hydrogen-bond acceptors (Lipinski definition) is 2. The van der Waals surface area contributed by atoms with Gasteiger partial charge in [0.05, 0.1) is 0 Å². The van der Waals surface area contributed by atoms with E-state index < -0.39 is 0 Å². The summed E-state index contributed by atoms with van der Waals surface area (Å²) in [6.07, 6.45) is 4.01. The van der Waals surface area contributed by atoms with Gasteiger partial charge in [0.15, 0.2) is 0 Å². The highest BCUT2D eigenvalue weighted by atomic mass is 16.2. The van der Waals surface area contributed by atoms with Gasteiger partial charge in [0, 0.05) is 30.9 Å². The van der Waals surface area contributed by atoms with Crippen molar-refractivity contribution in [2.24, 2.45) is 0 Å². The van der Waals surface area contributed by atoms with E-state index in [1.54, 1.807) is 0 Å². The summed E-state index contributed by atoms with van der Waals surface area (Å²) >= 11 is 0. The molecule has 0 bridgehead atoms. The number of likely N-dealkylation sites (tertiary alicyclic amines) is 1. The molecule has 0 aromatic heterocycles. The number of aryl methyl sites for hydroxylation is 1. The largest absolute Gasteiger partial charge is 0.355 e. The van der Waals surface area contributed by atoms with Crippen molar-refractivity contribution >= 4 is 17.3 Å². The molecule has 3 nitrogen and oxygen atoms in total. The Morgan fingerprint density at radius 1 is 1.04 bits per heavy atom. The van der Waals surface area contributed by atoms with Gasteiger partial charge in [-0.3, -0.25) is 4.79 Å². The van der Waals surface area contributed by atoms with Crippen molar-refractivity contribution in [1.29, 1.82) is 0 Å². The molecule has 120 valence electrons. The molecule has 1 saturated heterocycles. The first-order chi connectivity index (χ1) is 11.2. The van der Waals surface area contributed by atoms with Crippen molar-refractivity contribution in [2.75, 3.05) is 11.9 Å². The highest BCUT2D eigenvalue weighted by Gasteiger charge is 2.16. The highest BCUT2D eigenvalue weighted by molar-refractivity contribution is 5.76. The molecular formula is C20H24N2O. The van der Waals surface area contributed by atoms with E-state index in [1.165, 1.54) is 11.1 Å². The van der Waals surface area contributed by atoms with E-state index in [9.17, 15) is 4.79 Å². The number of benzene rings is 2. The molecule has 1 N–H and O–H groups in total. The number of hydrogen-bond donors (Lipinski definition) is 1. The van der Waals surface area contributed by atoms with Gasteiger partial charge in [0.2, 0.25) is 5.91 Å². The quantitative estimate of drug-likeness (QED) is 0.892. The molecular weight excluding hydrogens is 284 g/mol. The third-order valence-electron chi connectivity index (χ3n) is 4.40. The topological polar surface area (TPSA) is 32.3 Å². The van der Waals surface area contributed by atoms with Crippen LogP contribution in [0.5, 0.6) is 0 Å². The Labute approximate surface area is 138 Å². The van der Waals surface area contributed by atoms with Crippen LogP contribution >= 0.6 is 0 Å². The van der Waals surface area contributed by atoms with Crippen molar-refractivity contribution < 1.29 is 4.79 Å². The zero-order valence-corrected chi connectivity index (χ0v) is 13.7. The SMILES string of the molecule is Cc1ccccc1Nc1cccc(CN2CCCCCC2=O)c1. The minimum Gasteiger partial charge on any atom is -0.355 e. The average molecular weight is 308 g/mol.